The molecule has 0 aliphatic heterocycles. The van der Waals surface area contributed by atoms with Crippen molar-refractivity contribution in [2.75, 3.05) is 7.11 Å². The van der Waals surface area contributed by atoms with Gasteiger partial charge in [0.05, 0.1) is 6.10 Å². The summed E-state index contributed by atoms with van der Waals surface area (Å²) in [5.74, 6) is 1.64. The predicted molar refractivity (Wildman–Crippen MR) is 103 cm³/mol. The lowest BCUT2D eigenvalue weighted by Crippen LogP contribution is -2.62. The normalized spacial score (nSPS) is 30.4. The molecule has 0 saturated heterocycles. The topological polar surface area (TPSA) is 18.5 Å². The molecule has 134 valence electrons. The molecule has 0 radical (unpaired) electrons. The van der Waals surface area contributed by atoms with Crippen LogP contribution in [0, 0.1) is 11.8 Å². The van der Waals surface area contributed by atoms with E-state index in [9.17, 15) is 0 Å². The fourth-order valence-electron chi connectivity index (χ4n) is 5.05. The molecular weight excluding hydrogens is 312 g/mol. The van der Waals surface area contributed by atoms with Gasteiger partial charge >= 0.3 is 8.56 Å². The van der Waals surface area contributed by atoms with Crippen LogP contribution in [-0.2, 0) is 8.85 Å². The zero-order chi connectivity index (χ0) is 17.2. The van der Waals surface area contributed by atoms with E-state index in [1.54, 1.807) is 0 Å². The summed E-state index contributed by atoms with van der Waals surface area (Å²) in [6.45, 7) is 6.87. The van der Waals surface area contributed by atoms with Crippen molar-refractivity contribution in [2.24, 2.45) is 11.8 Å². The summed E-state index contributed by atoms with van der Waals surface area (Å²) in [6.07, 6.45) is 9.88. The zero-order valence-electron chi connectivity index (χ0n) is 15.9. The van der Waals surface area contributed by atoms with E-state index in [1.807, 2.05) is 7.11 Å². The molecular formula is C21H34O2Si. The molecule has 1 aromatic carbocycles. The summed E-state index contributed by atoms with van der Waals surface area (Å²) >= 11 is 0. The molecule has 0 spiro atoms. The number of hydrogen-bond acceptors (Lipinski definition) is 2. The summed E-state index contributed by atoms with van der Waals surface area (Å²) < 4.78 is 13.4. The number of hydrogen-bond donors (Lipinski definition) is 0. The second kappa shape index (κ2) is 7.31. The summed E-state index contributed by atoms with van der Waals surface area (Å²) in [5, 5.41) is 1.28. The zero-order valence-corrected chi connectivity index (χ0v) is 16.9. The third kappa shape index (κ3) is 3.36. The molecule has 2 aliphatic carbocycles. The van der Waals surface area contributed by atoms with Crippen LogP contribution in [0.4, 0.5) is 0 Å². The molecule has 2 aliphatic rings. The predicted octanol–water partition coefficient (Wildman–Crippen LogP) is 5.16. The average molecular weight is 347 g/mol. The van der Waals surface area contributed by atoms with Crippen molar-refractivity contribution in [3.63, 3.8) is 0 Å². The Labute approximate surface area is 149 Å². The van der Waals surface area contributed by atoms with Crippen molar-refractivity contribution >= 4 is 13.7 Å². The largest absolute Gasteiger partial charge is 0.394 e. The maximum Gasteiger partial charge on any atom is 0.378 e. The highest BCUT2D eigenvalue weighted by molar-refractivity contribution is 6.83. The van der Waals surface area contributed by atoms with Gasteiger partial charge in [-0.25, -0.2) is 0 Å². The smallest absolute Gasteiger partial charge is 0.378 e. The van der Waals surface area contributed by atoms with Crippen molar-refractivity contribution in [2.45, 2.75) is 76.9 Å². The first-order valence-corrected chi connectivity index (χ1v) is 11.6. The molecule has 0 amide bonds. The van der Waals surface area contributed by atoms with E-state index in [1.165, 1.54) is 50.1 Å². The Hall–Kier alpha value is -0.643. The monoisotopic (exact) mass is 346 g/mol. The Balaban J connectivity index is 1.92. The van der Waals surface area contributed by atoms with Crippen LogP contribution < -0.4 is 5.19 Å². The molecule has 1 aromatic rings. The fourth-order valence-corrected chi connectivity index (χ4v) is 8.70. The van der Waals surface area contributed by atoms with Gasteiger partial charge in [0, 0.05) is 12.1 Å². The maximum absolute atomic E-state index is 7.06. The Morgan fingerprint density at radius 2 is 1.58 bits per heavy atom. The highest BCUT2D eigenvalue weighted by atomic mass is 28.4. The van der Waals surface area contributed by atoms with Crippen molar-refractivity contribution in [3.05, 3.63) is 30.3 Å². The standard InChI is InChI=1S/C21H34O2Si/c1-21(2,3)24(22-4,18-13-6-5-7-14-18)23-20-16-10-12-17-11-8-9-15-19(17)20/h5-7,13-14,17,19-20H,8-12,15-16H2,1-4H3/t17-,19-,20+,24?/m1/s1. The Morgan fingerprint density at radius 3 is 2.25 bits per heavy atom. The highest BCUT2D eigenvalue weighted by Crippen LogP contribution is 2.45. The van der Waals surface area contributed by atoms with Gasteiger partial charge in [-0.2, -0.15) is 0 Å². The maximum atomic E-state index is 7.06. The van der Waals surface area contributed by atoms with Crippen LogP contribution in [0.15, 0.2) is 30.3 Å². The second-order valence-electron chi connectivity index (χ2n) is 8.73. The summed E-state index contributed by atoms with van der Waals surface area (Å²) in [4.78, 5) is 0. The molecule has 2 nitrogen and oxygen atoms in total. The van der Waals surface area contributed by atoms with Crippen LogP contribution in [0.25, 0.3) is 0 Å². The van der Waals surface area contributed by atoms with E-state index in [4.69, 9.17) is 8.85 Å². The first-order valence-electron chi connectivity index (χ1n) is 9.76. The first kappa shape index (κ1) is 18.2. The molecule has 0 aromatic heterocycles. The van der Waals surface area contributed by atoms with Crippen molar-refractivity contribution in [1.29, 1.82) is 0 Å². The van der Waals surface area contributed by atoms with Gasteiger partial charge in [0.15, 0.2) is 0 Å². The second-order valence-corrected chi connectivity index (χ2v) is 12.7. The highest BCUT2D eigenvalue weighted by Gasteiger charge is 2.53. The quantitative estimate of drug-likeness (QED) is 0.701. The molecule has 3 rings (SSSR count). The van der Waals surface area contributed by atoms with E-state index in [-0.39, 0.29) is 5.04 Å². The lowest BCUT2D eigenvalue weighted by Gasteiger charge is -2.48. The van der Waals surface area contributed by atoms with Crippen molar-refractivity contribution < 1.29 is 8.85 Å². The minimum atomic E-state index is -2.51. The van der Waals surface area contributed by atoms with Gasteiger partial charge in [0.25, 0.3) is 0 Å². The van der Waals surface area contributed by atoms with Crippen LogP contribution in [0.1, 0.15) is 65.7 Å². The molecule has 3 heteroatoms. The number of benzene rings is 1. The van der Waals surface area contributed by atoms with E-state index in [0.29, 0.717) is 6.10 Å². The van der Waals surface area contributed by atoms with Gasteiger partial charge in [0.1, 0.15) is 0 Å². The van der Waals surface area contributed by atoms with Crippen molar-refractivity contribution in [1.82, 2.24) is 0 Å². The van der Waals surface area contributed by atoms with Gasteiger partial charge in [-0.3, -0.25) is 0 Å². The molecule has 24 heavy (non-hydrogen) atoms. The molecule has 0 heterocycles. The van der Waals surface area contributed by atoms with E-state index < -0.39 is 8.56 Å². The van der Waals surface area contributed by atoms with Gasteiger partial charge in [-0.05, 0) is 36.3 Å². The lowest BCUT2D eigenvalue weighted by molar-refractivity contribution is 0.00140. The minimum absolute atomic E-state index is 0.00468. The van der Waals surface area contributed by atoms with Gasteiger partial charge in [-0.1, -0.05) is 76.8 Å². The van der Waals surface area contributed by atoms with Crippen LogP contribution in [-0.4, -0.2) is 21.8 Å². The number of rotatable bonds is 4. The Morgan fingerprint density at radius 1 is 0.917 bits per heavy atom. The lowest BCUT2D eigenvalue weighted by atomic mass is 9.69. The average Bonchev–Trinajstić information content (AvgIpc) is 2.59. The Kier molecular flexibility index (Phi) is 5.53. The Bertz CT molecular complexity index is 522. The molecule has 4 atom stereocenters. The molecule has 2 saturated carbocycles. The van der Waals surface area contributed by atoms with Gasteiger partial charge in [-0.15, -0.1) is 0 Å². The van der Waals surface area contributed by atoms with Crippen LogP contribution >= 0.6 is 0 Å². The van der Waals surface area contributed by atoms with Crippen LogP contribution in [0.5, 0.6) is 0 Å². The fraction of sp³-hybridized carbons (Fsp3) is 0.714. The van der Waals surface area contributed by atoms with Gasteiger partial charge < -0.3 is 8.85 Å². The molecule has 1 unspecified atom stereocenters. The van der Waals surface area contributed by atoms with E-state index in [2.05, 4.69) is 51.1 Å². The molecule has 0 bridgehead atoms. The van der Waals surface area contributed by atoms with E-state index in [0.717, 1.165) is 11.8 Å². The van der Waals surface area contributed by atoms with E-state index >= 15 is 0 Å². The van der Waals surface area contributed by atoms with Crippen LogP contribution in [0.3, 0.4) is 0 Å². The van der Waals surface area contributed by atoms with Crippen molar-refractivity contribution in [3.8, 4) is 0 Å². The number of fused-ring (bicyclic) bond motifs is 1. The van der Waals surface area contributed by atoms with Gasteiger partial charge in [0.2, 0.25) is 0 Å². The summed E-state index contributed by atoms with van der Waals surface area (Å²) in [5.41, 5.74) is 0. The third-order valence-corrected chi connectivity index (χ3v) is 10.5. The molecule has 0 N–H and O–H groups in total. The SMILES string of the molecule is CO[Si](O[C@H]1CCC[C@H]2CCCC[C@H]21)(c1ccccc1)C(C)(C)C. The summed E-state index contributed by atoms with van der Waals surface area (Å²) in [7, 11) is -0.644. The molecule has 2 fully saturated rings. The third-order valence-electron chi connectivity index (χ3n) is 6.25. The minimum Gasteiger partial charge on any atom is -0.394 e. The van der Waals surface area contributed by atoms with Crippen LogP contribution in [0.2, 0.25) is 5.04 Å². The first-order chi connectivity index (χ1) is 11.5. The summed E-state index contributed by atoms with van der Waals surface area (Å²) in [6, 6.07) is 10.7.